The summed E-state index contributed by atoms with van der Waals surface area (Å²) >= 11 is 6.08. The lowest BCUT2D eigenvalue weighted by Gasteiger charge is -2.08. The third kappa shape index (κ3) is 3.94. The number of nitrogens with one attached hydrogen (secondary N) is 1. The van der Waals surface area contributed by atoms with Crippen LogP contribution < -0.4 is 10.1 Å². The lowest BCUT2D eigenvalue weighted by Crippen LogP contribution is -2.13. The van der Waals surface area contributed by atoms with E-state index in [9.17, 15) is 0 Å². The molecule has 2 rings (SSSR count). The predicted octanol–water partition coefficient (Wildman–Crippen LogP) is 3.34. The molecule has 3 nitrogen and oxygen atoms in total. The van der Waals surface area contributed by atoms with Crippen LogP contribution in [0.1, 0.15) is 17.0 Å². The molecule has 0 spiro atoms. The first-order valence-electron chi connectivity index (χ1n) is 6.14. The Bertz CT molecular complexity index is 558. The third-order valence-electron chi connectivity index (χ3n) is 2.80. The minimum atomic E-state index is 0.635. The van der Waals surface area contributed by atoms with Crippen LogP contribution in [0.4, 0.5) is 0 Å². The van der Waals surface area contributed by atoms with Gasteiger partial charge in [-0.3, -0.25) is 4.98 Å². The Morgan fingerprint density at radius 3 is 2.74 bits per heavy atom. The van der Waals surface area contributed by atoms with Crippen molar-refractivity contribution in [3.8, 4) is 5.75 Å². The number of ether oxygens (including phenoxy) is 1. The molecular formula is C15H17ClN2O. The summed E-state index contributed by atoms with van der Waals surface area (Å²) < 4.78 is 5.12. The summed E-state index contributed by atoms with van der Waals surface area (Å²) in [6, 6.07) is 11.8. The monoisotopic (exact) mass is 276 g/mol. The number of aromatic nitrogens is 1. The number of hydrogen-bond acceptors (Lipinski definition) is 3. The molecule has 19 heavy (non-hydrogen) atoms. The van der Waals surface area contributed by atoms with Crippen LogP contribution in [-0.4, -0.2) is 12.1 Å². The Morgan fingerprint density at radius 1 is 1.21 bits per heavy atom. The molecule has 1 aromatic heterocycles. The van der Waals surface area contributed by atoms with E-state index in [-0.39, 0.29) is 0 Å². The fourth-order valence-corrected chi connectivity index (χ4v) is 2.13. The van der Waals surface area contributed by atoms with Gasteiger partial charge in [-0.05, 0) is 36.8 Å². The zero-order valence-corrected chi connectivity index (χ0v) is 11.9. The van der Waals surface area contributed by atoms with Crippen molar-refractivity contribution in [3.05, 3.63) is 58.4 Å². The standard InChI is InChI=1S/C15H17ClN2O/c1-11-4-3-5-13(18-11)10-17-9-12-6-7-15(19-2)14(16)8-12/h3-8,17H,9-10H2,1-2H3. The van der Waals surface area contributed by atoms with Crippen molar-refractivity contribution in [1.29, 1.82) is 0 Å². The predicted molar refractivity (Wildman–Crippen MR) is 77.5 cm³/mol. The van der Waals surface area contributed by atoms with E-state index in [1.807, 2.05) is 43.3 Å². The normalized spacial score (nSPS) is 10.5. The molecule has 1 N–H and O–H groups in total. The molecule has 1 heterocycles. The molecule has 0 aliphatic rings. The van der Waals surface area contributed by atoms with E-state index in [2.05, 4.69) is 10.3 Å². The highest BCUT2D eigenvalue weighted by atomic mass is 35.5. The number of halogens is 1. The minimum absolute atomic E-state index is 0.635. The van der Waals surface area contributed by atoms with Gasteiger partial charge in [-0.2, -0.15) is 0 Å². The molecule has 100 valence electrons. The second-order valence-electron chi connectivity index (χ2n) is 4.34. The molecular weight excluding hydrogens is 260 g/mol. The van der Waals surface area contributed by atoms with Gasteiger partial charge in [0.25, 0.3) is 0 Å². The van der Waals surface area contributed by atoms with Gasteiger partial charge in [-0.1, -0.05) is 23.7 Å². The maximum Gasteiger partial charge on any atom is 0.137 e. The highest BCUT2D eigenvalue weighted by molar-refractivity contribution is 6.32. The van der Waals surface area contributed by atoms with Gasteiger partial charge in [0.15, 0.2) is 0 Å². The zero-order valence-electron chi connectivity index (χ0n) is 11.1. The second-order valence-corrected chi connectivity index (χ2v) is 4.75. The fourth-order valence-electron chi connectivity index (χ4n) is 1.85. The summed E-state index contributed by atoms with van der Waals surface area (Å²) in [6.45, 7) is 3.48. The number of rotatable bonds is 5. The molecule has 0 bridgehead atoms. The number of benzene rings is 1. The summed E-state index contributed by atoms with van der Waals surface area (Å²) in [5.41, 5.74) is 3.20. The smallest absolute Gasteiger partial charge is 0.137 e. The Labute approximate surface area is 118 Å². The number of methoxy groups -OCH3 is 1. The van der Waals surface area contributed by atoms with E-state index in [0.717, 1.165) is 30.0 Å². The molecule has 0 aliphatic heterocycles. The lowest BCUT2D eigenvalue weighted by atomic mass is 10.2. The van der Waals surface area contributed by atoms with Crippen LogP contribution in [0.2, 0.25) is 5.02 Å². The van der Waals surface area contributed by atoms with Crippen LogP contribution in [0.3, 0.4) is 0 Å². The first-order chi connectivity index (χ1) is 9.19. The van der Waals surface area contributed by atoms with Crippen LogP contribution in [0.15, 0.2) is 36.4 Å². The van der Waals surface area contributed by atoms with E-state index < -0.39 is 0 Å². The molecule has 0 amide bonds. The average Bonchev–Trinajstić information content (AvgIpc) is 2.39. The quantitative estimate of drug-likeness (QED) is 0.909. The molecule has 0 saturated heterocycles. The SMILES string of the molecule is COc1ccc(CNCc2cccc(C)n2)cc1Cl. The summed E-state index contributed by atoms with van der Waals surface area (Å²) in [5, 5.41) is 3.98. The van der Waals surface area contributed by atoms with Gasteiger partial charge < -0.3 is 10.1 Å². The molecule has 0 unspecified atom stereocenters. The highest BCUT2D eigenvalue weighted by Gasteiger charge is 2.02. The zero-order chi connectivity index (χ0) is 13.7. The van der Waals surface area contributed by atoms with E-state index in [4.69, 9.17) is 16.3 Å². The van der Waals surface area contributed by atoms with Crippen molar-refractivity contribution in [2.45, 2.75) is 20.0 Å². The third-order valence-corrected chi connectivity index (χ3v) is 3.09. The maximum absolute atomic E-state index is 6.08. The van der Waals surface area contributed by atoms with Crippen LogP contribution in [0.25, 0.3) is 0 Å². The number of nitrogens with zero attached hydrogens (tertiary/aromatic N) is 1. The molecule has 0 atom stereocenters. The minimum Gasteiger partial charge on any atom is -0.495 e. The van der Waals surface area contributed by atoms with E-state index in [1.165, 1.54) is 0 Å². The van der Waals surface area contributed by atoms with Crippen molar-refractivity contribution in [2.24, 2.45) is 0 Å². The summed E-state index contributed by atoms with van der Waals surface area (Å²) in [4.78, 5) is 4.44. The highest BCUT2D eigenvalue weighted by Crippen LogP contribution is 2.24. The number of aryl methyl sites for hydroxylation is 1. The Balaban J connectivity index is 1.90. The lowest BCUT2D eigenvalue weighted by molar-refractivity contribution is 0.415. The second kappa shape index (κ2) is 6.55. The van der Waals surface area contributed by atoms with Gasteiger partial charge in [0.2, 0.25) is 0 Å². The van der Waals surface area contributed by atoms with Crippen molar-refractivity contribution in [2.75, 3.05) is 7.11 Å². The summed E-state index contributed by atoms with van der Waals surface area (Å²) in [5.74, 6) is 0.700. The topological polar surface area (TPSA) is 34.1 Å². The van der Waals surface area contributed by atoms with Crippen LogP contribution in [0, 0.1) is 6.92 Å². The Hall–Kier alpha value is -1.58. The van der Waals surface area contributed by atoms with E-state index >= 15 is 0 Å². The van der Waals surface area contributed by atoms with E-state index in [1.54, 1.807) is 7.11 Å². The molecule has 2 aromatic rings. The van der Waals surface area contributed by atoms with Crippen molar-refractivity contribution >= 4 is 11.6 Å². The van der Waals surface area contributed by atoms with Gasteiger partial charge in [0, 0.05) is 18.8 Å². The molecule has 0 saturated carbocycles. The number of pyridine rings is 1. The van der Waals surface area contributed by atoms with Crippen LogP contribution >= 0.6 is 11.6 Å². The molecule has 0 fully saturated rings. The Kier molecular flexibility index (Phi) is 4.77. The maximum atomic E-state index is 6.08. The van der Waals surface area contributed by atoms with Gasteiger partial charge in [-0.15, -0.1) is 0 Å². The molecule has 4 heteroatoms. The summed E-state index contributed by atoms with van der Waals surface area (Å²) in [6.07, 6.45) is 0. The van der Waals surface area contributed by atoms with Gasteiger partial charge >= 0.3 is 0 Å². The van der Waals surface area contributed by atoms with Crippen LogP contribution in [0.5, 0.6) is 5.75 Å². The van der Waals surface area contributed by atoms with Crippen molar-refractivity contribution in [1.82, 2.24) is 10.3 Å². The molecule has 0 aliphatic carbocycles. The summed E-state index contributed by atoms with van der Waals surface area (Å²) in [7, 11) is 1.61. The first-order valence-corrected chi connectivity index (χ1v) is 6.52. The van der Waals surface area contributed by atoms with Gasteiger partial charge in [0.1, 0.15) is 5.75 Å². The Morgan fingerprint density at radius 2 is 2.05 bits per heavy atom. The first kappa shape index (κ1) is 13.8. The van der Waals surface area contributed by atoms with Crippen molar-refractivity contribution < 1.29 is 4.74 Å². The largest absolute Gasteiger partial charge is 0.495 e. The average molecular weight is 277 g/mol. The van der Waals surface area contributed by atoms with Crippen LogP contribution in [-0.2, 0) is 13.1 Å². The van der Waals surface area contributed by atoms with Gasteiger partial charge in [-0.25, -0.2) is 0 Å². The molecule has 0 radical (unpaired) electrons. The van der Waals surface area contributed by atoms with Crippen molar-refractivity contribution in [3.63, 3.8) is 0 Å². The van der Waals surface area contributed by atoms with E-state index in [0.29, 0.717) is 10.8 Å². The molecule has 1 aromatic carbocycles. The number of hydrogen-bond donors (Lipinski definition) is 1. The van der Waals surface area contributed by atoms with Gasteiger partial charge in [0.05, 0.1) is 17.8 Å². The fraction of sp³-hybridized carbons (Fsp3) is 0.267.